The average molecular weight is 391 g/mol. The minimum absolute atomic E-state index is 0.00901. The summed E-state index contributed by atoms with van der Waals surface area (Å²) in [5.74, 6) is 1.26. The molecule has 1 aromatic heterocycles. The van der Waals surface area contributed by atoms with Crippen molar-refractivity contribution in [1.82, 2.24) is 14.5 Å². The van der Waals surface area contributed by atoms with Crippen molar-refractivity contribution in [2.45, 2.75) is 38.9 Å². The van der Waals surface area contributed by atoms with Gasteiger partial charge in [-0.05, 0) is 55.5 Å². The molecule has 0 N–H and O–H groups in total. The molecule has 0 saturated heterocycles. The Morgan fingerprint density at radius 1 is 1.21 bits per heavy atom. The molecule has 1 aliphatic carbocycles. The number of carbonyl (C=O) groups is 1. The van der Waals surface area contributed by atoms with Crippen LogP contribution in [0.4, 0.5) is 0 Å². The highest BCUT2D eigenvalue weighted by molar-refractivity contribution is 5.80. The van der Waals surface area contributed by atoms with E-state index in [4.69, 9.17) is 4.74 Å². The standard InChI is InChI=1S/C23H25N3O3/c1-16(18-9-10-18)25(14-17-7-11-19(29-2)12-8-17)23(28)15-26-21-6-4-3-5-20(21)24-13-22(26)27/h3-8,11-13,16,18H,9-10,14-15H2,1-2H3. The van der Waals surface area contributed by atoms with Crippen LogP contribution in [0.3, 0.4) is 0 Å². The Bertz CT molecular complexity index is 1070. The monoisotopic (exact) mass is 391 g/mol. The van der Waals surface area contributed by atoms with E-state index >= 15 is 0 Å². The van der Waals surface area contributed by atoms with E-state index < -0.39 is 0 Å². The molecule has 1 fully saturated rings. The number of fused-ring (bicyclic) bond motifs is 1. The van der Waals surface area contributed by atoms with E-state index in [2.05, 4.69) is 11.9 Å². The molecule has 4 rings (SSSR count). The lowest BCUT2D eigenvalue weighted by atomic mass is 10.1. The number of carbonyl (C=O) groups excluding carboxylic acids is 1. The fourth-order valence-corrected chi connectivity index (χ4v) is 3.72. The summed E-state index contributed by atoms with van der Waals surface area (Å²) >= 11 is 0. The molecule has 1 heterocycles. The van der Waals surface area contributed by atoms with Crippen LogP contribution < -0.4 is 10.3 Å². The molecule has 1 amide bonds. The summed E-state index contributed by atoms with van der Waals surface area (Å²) in [7, 11) is 1.64. The molecule has 29 heavy (non-hydrogen) atoms. The van der Waals surface area contributed by atoms with Gasteiger partial charge in [0.05, 0.1) is 24.3 Å². The van der Waals surface area contributed by atoms with Gasteiger partial charge in [0.2, 0.25) is 5.91 Å². The van der Waals surface area contributed by atoms with Gasteiger partial charge in [-0.2, -0.15) is 0 Å². The fourth-order valence-electron chi connectivity index (χ4n) is 3.72. The van der Waals surface area contributed by atoms with Crippen LogP contribution in [0, 0.1) is 5.92 Å². The molecule has 3 aromatic rings. The second-order valence-corrected chi connectivity index (χ2v) is 7.62. The average Bonchev–Trinajstić information content (AvgIpc) is 3.59. The number of ether oxygens (including phenoxy) is 1. The maximum Gasteiger partial charge on any atom is 0.269 e. The first-order chi connectivity index (χ1) is 14.1. The van der Waals surface area contributed by atoms with Gasteiger partial charge in [0.25, 0.3) is 5.56 Å². The molecule has 0 radical (unpaired) electrons. The Hall–Kier alpha value is -3.15. The van der Waals surface area contributed by atoms with Gasteiger partial charge in [-0.15, -0.1) is 0 Å². The number of hydrogen-bond donors (Lipinski definition) is 0. The molecule has 0 aliphatic heterocycles. The number of amides is 1. The lowest BCUT2D eigenvalue weighted by molar-refractivity contribution is -0.135. The Labute approximate surface area is 169 Å². The largest absolute Gasteiger partial charge is 0.497 e. The molecule has 1 saturated carbocycles. The Morgan fingerprint density at radius 3 is 2.62 bits per heavy atom. The van der Waals surface area contributed by atoms with Crippen LogP contribution >= 0.6 is 0 Å². The number of benzene rings is 2. The number of nitrogens with zero attached hydrogens (tertiary/aromatic N) is 3. The van der Waals surface area contributed by atoms with Crippen LogP contribution in [0.2, 0.25) is 0 Å². The summed E-state index contributed by atoms with van der Waals surface area (Å²) in [6.07, 6.45) is 3.57. The number of rotatable bonds is 7. The van der Waals surface area contributed by atoms with Gasteiger partial charge in [-0.3, -0.25) is 14.2 Å². The van der Waals surface area contributed by atoms with Crippen molar-refractivity contribution in [3.05, 3.63) is 70.6 Å². The summed E-state index contributed by atoms with van der Waals surface area (Å²) < 4.78 is 6.74. The number of aromatic nitrogens is 2. The second-order valence-electron chi connectivity index (χ2n) is 7.62. The zero-order chi connectivity index (χ0) is 20.4. The van der Waals surface area contributed by atoms with Crippen LogP contribution in [0.5, 0.6) is 5.75 Å². The van der Waals surface area contributed by atoms with E-state index in [0.717, 1.165) is 24.2 Å². The van der Waals surface area contributed by atoms with Gasteiger partial charge in [0.1, 0.15) is 12.3 Å². The van der Waals surface area contributed by atoms with Crippen LogP contribution in [0.25, 0.3) is 11.0 Å². The summed E-state index contributed by atoms with van der Waals surface area (Å²) in [6, 6.07) is 15.3. The number of hydrogen-bond acceptors (Lipinski definition) is 4. The molecule has 0 spiro atoms. The van der Waals surface area contributed by atoms with E-state index in [1.807, 2.05) is 53.4 Å². The van der Waals surface area contributed by atoms with Crippen molar-refractivity contribution in [2.75, 3.05) is 7.11 Å². The molecule has 6 nitrogen and oxygen atoms in total. The van der Waals surface area contributed by atoms with E-state index in [0.29, 0.717) is 23.5 Å². The highest BCUT2D eigenvalue weighted by atomic mass is 16.5. The number of methoxy groups -OCH3 is 1. The van der Waals surface area contributed by atoms with Gasteiger partial charge >= 0.3 is 0 Å². The molecule has 1 atom stereocenters. The van der Waals surface area contributed by atoms with Crippen LogP contribution in [0.15, 0.2) is 59.5 Å². The van der Waals surface area contributed by atoms with Gasteiger partial charge in [-0.1, -0.05) is 24.3 Å². The molecule has 6 heteroatoms. The van der Waals surface area contributed by atoms with E-state index in [1.165, 1.54) is 10.8 Å². The summed E-state index contributed by atoms with van der Waals surface area (Å²) in [4.78, 5) is 31.9. The molecule has 1 aliphatic rings. The summed E-state index contributed by atoms with van der Waals surface area (Å²) in [5, 5.41) is 0. The van der Waals surface area contributed by atoms with Gasteiger partial charge in [0.15, 0.2) is 0 Å². The van der Waals surface area contributed by atoms with E-state index in [-0.39, 0.29) is 24.1 Å². The fraction of sp³-hybridized carbons (Fsp3) is 0.348. The minimum atomic E-state index is -0.263. The van der Waals surface area contributed by atoms with E-state index in [1.54, 1.807) is 7.11 Å². The van der Waals surface area contributed by atoms with Crippen molar-refractivity contribution in [1.29, 1.82) is 0 Å². The quantitative estimate of drug-likeness (QED) is 0.620. The molecule has 1 unspecified atom stereocenters. The third-order valence-corrected chi connectivity index (χ3v) is 5.67. The normalized spacial score (nSPS) is 14.6. The lowest BCUT2D eigenvalue weighted by Gasteiger charge is -2.30. The van der Waals surface area contributed by atoms with Crippen molar-refractivity contribution < 1.29 is 9.53 Å². The third-order valence-electron chi connectivity index (χ3n) is 5.67. The second kappa shape index (κ2) is 8.07. The molecular weight excluding hydrogens is 366 g/mol. The lowest BCUT2D eigenvalue weighted by Crippen LogP contribution is -2.42. The van der Waals surface area contributed by atoms with E-state index in [9.17, 15) is 9.59 Å². The maximum absolute atomic E-state index is 13.3. The highest BCUT2D eigenvalue weighted by Gasteiger charge is 2.34. The van der Waals surface area contributed by atoms with Crippen molar-refractivity contribution >= 4 is 16.9 Å². The molecular formula is C23H25N3O3. The third kappa shape index (κ3) is 4.16. The van der Waals surface area contributed by atoms with Crippen molar-refractivity contribution in [2.24, 2.45) is 5.92 Å². The minimum Gasteiger partial charge on any atom is -0.497 e. The van der Waals surface area contributed by atoms with Crippen LogP contribution in [0.1, 0.15) is 25.3 Å². The smallest absolute Gasteiger partial charge is 0.269 e. The van der Waals surface area contributed by atoms with Crippen LogP contribution in [-0.4, -0.2) is 33.5 Å². The Morgan fingerprint density at radius 2 is 1.93 bits per heavy atom. The van der Waals surface area contributed by atoms with Gasteiger partial charge < -0.3 is 9.64 Å². The molecule has 150 valence electrons. The zero-order valence-corrected chi connectivity index (χ0v) is 16.7. The number of para-hydroxylation sites is 2. The first-order valence-electron chi connectivity index (χ1n) is 9.94. The van der Waals surface area contributed by atoms with Gasteiger partial charge in [-0.25, -0.2) is 4.98 Å². The maximum atomic E-state index is 13.3. The summed E-state index contributed by atoms with van der Waals surface area (Å²) in [5.41, 5.74) is 2.16. The topological polar surface area (TPSA) is 64.4 Å². The van der Waals surface area contributed by atoms with Crippen molar-refractivity contribution in [3.63, 3.8) is 0 Å². The Kier molecular flexibility index (Phi) is 5.34. The SMILES string of the molecule is COc1ccc(CN(C(=O)Cn2c(=O)cnc3ccccc32)C(C)C2CC2)cc1. The summed E-state index contributed by atoms with van der Waals surface area (Å²) in [6.45, 7) is 2.62. The first-order valence-corrected chi connectivity index (χ1v) is 9.94. The first kappa shape index (κ1) is 19.2. The van der Waals surface area contributed by atoms with Gasteiger partial charge in [0, 0.05) is 12.6 Å². The molecule has 2 aromatic carbocycles. The van der Waals surface area contributed by atoms with Crippen LogP contribution in [-0.2, 0) is 17.9 Å². The van der Waals surface area contributed by atoms with Crippen molar-refractivity contribution in [3.8, 4) is 5.75 Å². The predicted molar refractivity (Wildman–Crippen MR) is 112 cm³/mol. The zero-order valence-electron chi connectivity index (χ0n) is 16.7. The highest BCUT2D eigenvalue weighted by Crippen LogP contribution is 2.36. The Balaban J connectivity index is 1.61. The molecule has 0 bridgehead atoms. The predicted octanol–water partition coefficient (Wildman–Crippen LogP) is 3.23.